The Morgan fingerprint density at radius 3 is 2.64 bits per heavy atom. The number of fused-ring (bicyclic) bond motifs is 7. The molecule has 98 heavy (non-hydrogen) atoms. The summed E-state index contributed by atoms with van der Waals surface area (Å²) < 4.78 is 39.1. The first kappa shape index (κ1) is 59.7. The third-order valence-electron chi connectivity index (χ3n) is 35.8. The zero-order chi connectivity index (χ0) is 65.3. The number of furan rings is 1. The number of nitrogens with one attached hydrogen (secondary N) is 1. The van der Waals surface area contributed by atoms with E-state index in [2.05, 4.69) is 95.9 Å². The lowest BCUT2D eigenvalue weighted by Crippen LogP contribution is -2.84. The Balaban J connectivity index is 0.767. The summed E-state index contributed by atoms with van der Waals surface area (Å²) in [6.07, 6.45) is 36.4. The molecule has 0 amide bonds. The van der Waals surface area contributed by atoms with Crippen LogP contribution in [0.3, 0.4) is 0 Å². The van der Waals surface area contributed by atoms with E-state index >= 15 is 19.5 Å². The van der Waals surface area contributed by atoms with Crippen LogP contribution in [0.5, 0.6) is 0 Å². The second kappa shape index (κ2) is 19.5. The van der Waals surface area contributed by atoms with Crippen LogP contribution in [0.25, 0.3) is 0 Å². The van der Waals surface area contributed by atoms with Crippen LogP contribution >= 0.6 is 0 Å². The van der Waals surface area contributed by atoms with Crippen LogP contribution in [0.1, 0.15) is 171 Å². The fourth-order valence-electron chi connectivity index (χ4n) is 33.4. The molecule has 13 nitrogen and oxygen atoms in total. The van der Waals surface area contributed by atoms with Crippen LogP contribution in [0.2, 0.25) is 0 Å². The number of carbonyl (C=O) groups excluding carboxylic acids is 3. The number of allylic oxidation sites excluding steroid dienone is 5. The highest BCUT2D eigenvalue weighted by Crippen LogP contribution is 2.93. The Kier molecular flexibility index (Phi) is 11.9. The van der Waals surface area contributed by atoms with E-state index in [1.165, 1.54) is 43.2 Å². The molecule has 1 aromatic carbocycles. The van der Waals surface area contributed by atoms with E-state index in [0.29, 0.717) is 66.6 Å². The molecule has 7 aliphatic heterocycles. The van der Waals surface area contributed by atoms with Crippen LogP contribution in [0, 0.1) is 151 Å². The Hall–Kier alpha value is -4.81. The first-order valence-electron chi connectivity index (χ1n) is 39.8. The Bertz CT molecular complexity index is 4020. The van der Waals surface area contributed by atoms with E-state index in [0.717, 1.165) is 122 Å². The van der Waals surface area contributed by atoms with Crippen molar-refractivity contribution in [2.24, 2.45) is 139 Å². The quantitative estimate of drug-likeness (QED) is 0.0849. The number of cyclic esters (lactones) is 1. The van der Waals surface area contributed by atoms with E-state index in [-0.39, 0.29) is 83.0 Å². The first-order valence-corrected chi connectivity index (χ1v) is 39.8. The van der Waals surface area contributed by atoms with Crippen LogP contribution in [0.15, 0.2) is 94.8 Å². The number of ether oxygens (including phenoxy) is 4. The van der Waals surface area contributed by atoms with Gasteiger partial charge in [0, 0.05) is 52.7 Å². The first-order chi connectivity index (χ1) is 47.7. The molecular weight excluding hydrogens is 1220 g/mol. The predicted molar refractivity (Wildman–Crippen MR) is 360 cm³/mol. The molecule has 16 fully saturated rings. The largest absolute Gasteiger partial charge is 0.469 e. The summed E-state index contributed by atoms with van der Waals surface area (Å²) in [5, 5.41) is 42.7. The minimum absolute atomic E-state index is 0.0146. The molecule has 0 unspecified atom stereocenters. The number of benzene rings is 1. The lowest BCUT2D eigenvalue weighted by Gasteiger charge is -2.74. The number of ketones is 1. The fourth-order valence-corrected chi connectivity index (χ4v) is 33.4. The summed E-state index contributed by atoms with van der Waals surface area (Å²) in [5.41, 5.74) is -4.78. The number of rotatable bonds is 8. The lowest BCUT2D eigenvalue weighted by atomic mass is 9.27. The molecule has 4 N–H and O–H groups in total. The second-order valence-electron chi connectivity index (χ2n) is 37.9. The maximum Gasteiger partial charge on any atom is 0.339 e. The van der Waals surface area contributed by atoms with Gasteiger partial charge in [-0.15, -0.1) is 0 Å². The highest BCUT2D eigenvalue weighted by atomic mass is 16.7. The summed E-state index contributed by atoms with van der Waals surface area (Å²) >= 11 is 0. The van der Waals surface area contributed by atoms with E-state index < -0.39 is 98.6 Å². The van der Waals surface area contributed by atoms with Crippen molar-refractivity contribution in [3.8, 4) is 11.8 Å². The van der Waals surface area contributed by atoms with Crippen LogP contribution in [-0.4, -0.2) is 106 Å². The van der Waals surface area contributed by atoms with Crippen molar-refractivity contribution in [1.29, 1.82) is 0 Å². The molecule has 2 aromatic rings. The number of nitrogens with zero attached hydrogens (tertiary/aromatic N) is 1. The topological polar surface area (TPSA) is 181 Å². The third kappa shape index (κ3) is 6.52. The van der Waals surface area contributed by atoms with Gasteiger partial charge in [0.25, 0.3) is 0 Å². The number of aliphatic hydroxyl groups is 3. The molecule has 516 valence electrons. The predicted octanol–water partition coefficient (Wildman–Crippen LogP) is 11.7. The van der Waals surface area contributed by atoms with Gasteiger partial charge in [-0.3, -0.25) is 14.9 Å². The zero-order valence-corrected chi connectivity index (χ0v) is 57.3. The molecule has 0 radical (unpaired) electrons. The lowest BCUT2D eigenvalue weighted by molar-refractivity contribution is -0.315. The Morgan fingerprint density at radius 2 is 1.77 bits per heavy atom. The molecule has 11 saturated carbocycles. The SMILES string of the molecule is C[C@]12C[C@H]3C[C@@]45CC6(CCCC6)C[C@@H]4CC4=C[C@@H]6[C@]78C=C[C@H]9CCC[C@H]9[C@H]7CC=C7CC[C@@H](C[C@@H]78)[C@]67O[C@]46[C@H]5C(=O)OC[C@@]64[C@@H]7C(=O)[C@@H](O)[C@@]5([C@H]34)[C@H]3C[C@@H](Cc4ccccc4)CC[C@@H]3C#CC[C@@]1(c1ccoc1C[C@@H]([C@H]1CC[C@@H]3[C@H](C=CN4CNC[C@@H]34)C1)[C@H](O)CO)OC(=O)[C@H]1O[C@@]152. The maximum absolute atomic E-state index is 18.6. The van der Waals surface area contributed by atoms with Crippen molar-refractivity contribution >= 4 is 17.7 Å². The number of Topliss-reactive ketones (excluding diaryl/α,β-unsaturated/α-hetero) is 1. The van der Waals surface area contributed by atoms with Gasteiger partial charge in [0.2, 0.25) is 0 Å². The summed E-state index contributed by atoms with van der Waals surface area (Å²) in [4.78, 5) is 54.3. The molecule has 23 rings (SSSR count). The highest BCUT2D eigenvalue weighted by molar-refractivity contribution is 5.94. The molecule has 14 aliphatic carbocycles. The number of hydrogen-bond acceptors (Lipinski definition) is 13. The van der Waals surface area contributed by atoms with Gasteiger partial charge in [0.1, 0.15) is 29.7 Å². The average molecular weight is 1330 g/mol. The monoisotopic (exact) mass is 1320 g/mol. The fraction of sp³-hybridized carbons (Fsp3) is 0.729. The van der Waals surface area contributed by atoms with Gasteiger partial charge in [-0.1, -0.05) is 104 Å². The van der Waals surface area contributed by atoms with Crippen LogP contribution in [0.4, 0.5) is 0 Å². The van der Waals surface area contributed by atoms with Gasteiger partial charge in [-0.25, -0.2) is 4.79 Å². The van der Waals surface area contributed by atoms with Crippen molar-refractivity contribution < 1.29 is 53.1 Å². The maximum atomic E-state index is 18.6. The molecule has 11 bridgehead atoms. The van der Waals surface area contributed by atoms with Crippen LogP contribution in [-0.2, 0) is 51.8 Å². The third-order valence-corrected chi connectivity index (χ3v) is 35.8. The Morgan fingerprint density at radius 1 is 0.878 bits per heavy atom. The van der Waals surface area contributed by atoms with E-state index in [4.69, 9.17) is 18.6 Å². The molecular formula is C85H100N2O11. The summed E-state index contributed by atoms with van der Waals surface area (Å²) in [5.74, 6) is 7.68. The average Bonchev–Trinajstić information content (AvgIpc) is 1.40. The summed E-state index contributed by atoms with van der Waals surface area (Å²) in [6.45, 7) is 3.83. The smallest absolute Gasteiger partial charge is 0.339 e. The van der Waals surface area contributed by atoms with Crippen molar-refractivity contribution in [3.05, 3.63) is 107 Å². The van der Waals surface area contributed by atoms with Crippen molar-refractivity contribution in [3.63, 3.8) is 0 Å². The molecule has 31 atom stereocenters. The highest BCUT2D eigenvalue weighted by Gasteiger charge is 3.01. The van der Waals surface area contributed by atoms with Gasteiger partial charge < -0.3 is 43.6 Å². The minimum Gasteiger partial charge on any atom is -0.469 e. The normalized spacial score (nSPS) is 54.3. The number of epoxide rings is 1. The number of esters is 2. The van der Waals surface area contributed by atoms with Gasteiger partial charge in [0.05, 0.1) is 54.9 Å². The number of hydrogen-bond donors (Lipinski definition) is 4. The summed E-state index contributed by atoms with van der Waals surface area (Å²) in [7, 11) is 0. The minimum atomic E-state index is -1.58. The van der Waals surface area contributed by atoms with E-state index in [1.54, 1.807) is 11.8 Å². The van der Waals surface area contributed by atoms with Crippen LogP contribution < -0.4 is 5.32 Å². The summed E-state index contributed by atoms with van der Waals surface area (Å²) in [6, 6.07) is 13.3. The molecule has 21 aliphatic rings. The molecule has 13 heteroatoms. The number of aliphatic hydroxyl groups excluding tert-OH is 3. The van der Waals surface area contributed by atoms with Crippen molar-refractivity contribution in [1.82, 2.24) is 10.2 Å². The standard InChI is InChI=1S/C85H100N2O11/c1-76-38-53-39-78-43-77(25-5-6-26-77)40-56(78)34-55-36-67-79-28-22-48-11-7-13-57(48)60(79)21-18-50-16-19-54(35-62(50)79)83(67)70-68(90)72(91)82(69(53)80(70)44-95-74(92)71(78)84(55,80)98-83)63-32-47(31-46-9-3-2-4-10-46)14-15-49(63)12-8-27-81(76,97-75(93)73-85(76,82)96-73)61-24-30-94-66(61)37-59(65(89)42-88)51-17-20-58-52(33-51)23-29-87-45-86-41-64(58)87/h2-4,9-10,18,22-24,28-30,36,47-49,51-54,56-60,62-65,67,69-73,86,88-89,91H,5-7,11,13-17,19-21,25-27,31-35,37-45H2,1H3/t47-,48-,49+,51+,52-,53+,54+,56+,57-,58-,59+,60-,62+,63+,64+,65-,67-,69-,70+,71+,72-,73-,76+,78-,79-,80-,81+,82+,83+,84+,85-/m1/s1. The zero-order valence-electron chi connectivity index (χ0n) is 57.3. The van der Waals surface area contributed by atoms with E-state index in [9.17, 15) is 14.9 Å². The second-order valence-corrected chi connectivity index (χ2v) is 37.9. The Labute approximate surface area is 576 Å². The van der Waals surface area contributed by atoms with Gasteiger partial charge >= 0.3 is 11.9 Å². The molecule has 5 saturated heterocycles. The molecule has 8 spiro atoms. The molecule has 8 heterocycles. The van der Waals surface area contributed by atoms with Crippen molar-refractivity contribution in [2.75, 3.05) is 26.4 Å². The van der Waals surface area contributed by atoms with Gasteiger partial charge in [-0.2, -0.15) is 0 Å². The van der Waals surface area contributed by atoms with Gasteiger partial charge in [0.15, 0.2) is 17.5 Å². The van der Waals surface area contributed by atoms with Crippen molar-refractivity contribution in [2.45, 2.75) is 214 Å². The van der Waals surface area contributed by atoms with Gasteiger partial charge in [-0.05, 0) is 245 Å². The molecule has 1 aromatic heterocycles. The van der Waals surface area contributed by atoms with E-state index in [1.807, 2.05) is 6.07 Å². The number of carbonyl (C=O) groups is 3.